The van der Waals surface area contributed by atoms with Crippen LogP contribution in [-0.4, -0.2) is 38.7 Å². The summed E-state index contributed by atoms with van der Waals surface area (Å²) in [6.45, 7) is 0.751. The van der Waals surface area contributed by atoms with Gasteiger partial charge in [-0.15, -0.1) is 23.2 Å². The van der Waals surface area contributed by atoms with Crippen molar-refractivity contribution in [1.29, 1.82) is 0 Å². The van der Waals surface area contributed by atoms with E-state index in [0.29, 0.717) is 24.8 Å². The van der Waals surface area contributed by atoms with Crippen LogP contribution in [0.5, 0.6) is 0 Å². The summed E-state index contributed by atoms with van der Waals surface area (Å²) >= 11 is 8.45. The summed E-state index contributed by atoms with van der Waals surface area (Å²) < 4.78 is 22.8. The van der Waals surface area contributed by atoms with Crippen LogP contribution in [0.25, 0.3) is 0 Å². The standard InChI is InChI=1S/C4H9Cl2NO3S/c5-1-3-7(4-2-6)10-11(8)9/h1-4H2,(H,8,9). The number of alkyl halides is 2. The smallest absolute Gasteiger partial charge is 0.283 e. The number of halogens is 2. The van der Waals surface area contributed by atoms with Gasteiger partial charge in [0, 0.05) is 24.8 Å². The van der Waals surface area contributed by atoms with E-state index in [0.717, 1.165) is 0 Å². The molecule has 0 saturated heterocycles. The Hall–Kier alpha value is 0.610. The molecule has 0 heterocycles. The molecular weight excluding hydrogens is 213 g/mol. The molecule has 1 atom stereocenters. The van der Waals surface area contributed by atoms with Gasteiger partial charge in [-0.3, -0.25) is 4.55 Å². The largest absolute Gasteiger partial charge is 0.319 e. The molecule has 0 saturated carbocycles. The molecule has 0 bridgehead atoms. The highest BCUT2D eigenvalue weighted by Crippen LogP contribution is 1.94. The van der Waals surface area contributed by atoms with Gasteiger partial charge in [-0.1, -0.05) is 0 Å². The molecule has 0 aliphatic rings. The summed E-state index contributed by atoms with van der Waals surface area (Å²) in [6.07, 6.45) is 0. The molecule has 68 valence electrons. The Morgan fingerprint density at radius 1 is 1.36 bits per heavy atom. The molecule has 1 unspecified atom stereocenters. The molecule has 0 aromatic carbocycles. The summed E-state index contributed by atoms with van der Waals surface area (Å²) in [5, 5.41) is 1.25. The molecule has 1 N–H and O–H groups in total. The summed E-state index contributed by atoms with van der Waals surface area (Å²) in [4.78, 5) is 0. The first-order chi connectivity index (χ1) is 5.20. The third-order valence-electron chi connectivity index (χ3n) is 0.837. The normalized spacial score (nSPS) is 13.8. The van der Waals surface area contributed by atoms with Crippen molar-refractivity contribution in [3.05, 3.63) is 0 Å². The van der Waals surface area contributed by atoms with Gasteiger partial charge < -0.3 is 0 Å². The molecule has 0 aliphatic heterocycles. The van der Waals surface area contributed by atoms with Gasteiger partial charge in [0.2, 0.25) is 0 Å². The van der Waals surface area contributed by atoms with Gasteiger partial charge in [0.1, 0.15) is 0 Å². The Kier molecular flexibility index (Phi) is 7.67. The average molecular weight is 222 g/mol. The van der Waals surface area contributed by atoms with Crippen molar-refractivity contribution >= 4 is 34.6 Å². The predicted octanol–water partition coefficient (Wildman–Crippen LogP) is 0.834. The van der Waals surface area contributed by atoms with Gasteiger partial charge in [-0.05, 0) is 0 Å². The minimum Gasteiger partial charge on any atom is -0.283 e. The van der Waals surface area contributed by atoms with Crippen LogP contribution in [0.3, 0.4) is 0 Å². The van der Waals surface area contributed by atoms with Crippen LogP contribution in [-0.2, 0) is 15.6 Å². The van der Waals surface area contributed by atoms with E-state index in [1.54, 1.807) is 0 Å². The summed E-state index contributed by atoms with van der Waals surface area (Å²) in [5.74, 6) is 0.655. The average Bonchev–Trinajstić information content (AvgIpc) is 1.87. The minimum atomic E-state index is -2.29. The lowest BCUT2D eigenvalue weighted by molar-refractivity contribution is -0.0411. The van der Waals surface area contributed by atoms with Crippen molar-refractivity contribution in [1.82, 2.24) is 5.06 Å². The number of hydrogen-bond donors (Lipinski definition) is 1. The molecule has 11 heavy (non-hydrogen) atoms. The van der Waals surface area contributed by atoms with E-state index in [-0.39, 0.29) is 0 Å². The van der Waals surface area contributed by atoms with Crippen molar-refractivity contribution in [2.24, 2.45) is 0 Å². The summed E-state index contributed by atoms with van der Waals surface area (Å²) in [5.41, 5.74) is 0. The summed E-state index contributed by atoms with van der Waals surface area (Å²) in [6, 6.07) is 0. The molecule has 0 radical (unpaired) electrons. The number of hydrogen-bond acceptors (Lipinski definition) is 3. The van der Waals surface area contributed by atoms with Gasteiger partial charge in [0.15, 0.2) is 0 Å². The van der Waals surface area contributed by atoms with Gasteiger partial charge in [-0.2, -0.15) is 13.6 Å². The topological polar surface area (TPSA) is 49.8 Å². The molecule has 7 heteroatoms. The fourth-order valence-electron chi connectivity index (χ4n) is 0.465. The van der Waals surface area contributed by atoms with Crippen molar-refractivity contribution < 1.29 is 13.0 Å². The third kappa shape index (κ3) is 6.99. The van der Waals surface area contributed by atoms with Crippen molar-refractivity contribution in [2.45, 2.75) is 0 Å². The second-order valence-corrected chi connectivity index (χ2v) is 2.94. The van der Waals surface area contributed by atoms with Crippen LogP contribution in [0.2, 0.25) is 0 Å². The van der Waals surface area contributed by atoms with Crippen LogP contribution in [0.4, 0.5) is 0 Å². The molecule has 0 amide bonds. The Morgan fingerprint density at radius 3 is 2.09 bits per heavy atom. The monoisotopic (exact) mass is 221 g/mol. The van der Waals surface area contributed by atoms with Gasteiger partial charge in [0.25, 0.3) is 0 Å². The van der Waals surface area contributed by atoms with Crippen molar-refractivity contribution in [3.8, 4) is 0 Å². The highest BCUT2D eigenvalue weighted by Gasteiger charge is 2.06. The van der Waals surface area contributed by atoms with Gasteiger partial charge in [0.05, 0.1) is 0 Å². The molecule has 0 rings (SSSR count). The second kappa shape index (κ2) is 7.27. The molecule has 0 aromatic heterocycles. The Labute approximate surface area is 77.9 Å². The molecule has 0 fully saturated rings. The van der Waals surface area contributed by atoms with E-state index < -0.39 is 11.4 Å². The van der Waals surface area contributed by atoms with Crippen LogP contribution >= 0.6 is 23.2 Å². The van der Waals surface area contributed by atoms with Crippen LogP contribution in [0.1, 0.15) is 0 Å². The first-order valence-corrected chi connectivity index (χ1v) is 4.97. The Balaban J connectivity index is 3.59. The zero-order valence-electron chi connectivity index (χ0n) is 5.70. The number of hydroxylamine groups is 2. The predicted molar refractivity (Wildman–Crippen MR) is 44.9 cm³/mol. The SMILES string of the molecule is O=S(O)ON(CCCl)CCCl. The second-order valence-electron chi connectivity index (χ2n) is 1.60. The molecule has 0 spiro atoms. The van der Waals surface area contributed by atoms with Gasteiger partial charge in [-0.25, -0.2) is 0 Å². The molecule has 0 aromatic rings. The van der Waals surface area contributed by atoms with E-state index >= 15 is 0 Å². The lowest BCUT2D eigenvalue weighted by Gasteiger charge is -2.15. The van der Waals surface area contributed by atoms with E-state index in [2.05, 4.69) is 4.28 Å². The maximum absolute atomic E-state index is 10.1. The fraction of sp³-hybridized carbons (Fsp3) is 1.00. The van der Waals surface area contributed by atoms with E-state index in [9.17, 15) is 4.21 Å². The quantitative estimate of drug-likeness (QED) is 0.411. The van der Waals surface area contributed by atoms with E-state index in [4.69, 9.17) is 27.8 Å². The van der Waals surface area contributed by atoms with Gasteiger partial charge >= 0.3 is 11.4 Å². The zero-order chi connectivity index (χ0) is 8.69. The molecule has 4 nitrogen and oxygen atoms in total. The third-order valence-corrected chi connectivity index (χ3v) is 1.51. The van der Waals surface area contributed by atoms with Crippen molar-refractivity contribution in [3.63, 3.8) is 0 Å². The van der Waals surface area contributed by atoms with Crippen molar-refractivity contribution in [2.75, 3.05) is 24.8 Å². The Bertz CT molecular complexity index is 120. The molecule has 0 aliphatic carbocycles. The van der Waals surface area contributed by atoms with Crippen LogP contribution in [0.15, 0.2) is 0 Å². The zero-order valence-corrected chi connectivity index (χ0v) is 8.03. The highest BCUT2D eigenvalue weighted by atomic mass is 35.5. The minimum absolute atomic E-state index is 0.327. The number of nitrogens with zero attached hydrogens (tertiary/aromatic N) is 1. The van der Waals surface area contributed by atoms with Crippen LogP contribution in [0, 0.1) is 0 Å². The molecular formula is C4H9Cl2NO3S. The number of rotatable bonds is 6. The summed E-state index contributed by atoms with van der Waals surface area (Å²) in [7, 11) is 0. The maximum Gasteiger partial charge on any atom is 0.319 e. The maximum atomic E-state index is 10.1. The first-order valence-electron chi connectivity index (χ1n) is 2.87. The highest BCUT2D eigenvalue weighted by molar-refractivity contribution is 7.74. The first kappa shape index (κ1) is 11.6. The lowest BCUT2D eigenvalue weighted by atomic mass is 10.6. The fourth-order valence-corrected chi connectivity index (χ4v) is 1.17. The van der Waals surface area contributed by atoms with E-state index in [1.807, 2.05) is 0 Å². The van der Waals surface area contributed by atoms with Crippen LogP contribution < -0.4 is 0 Å². The lowest BCUT2D eigenvalue weighted by Crippen LogP contribution is -2.28. The van der Waals surface area contributed by atoms with E-state index in [1.165, 1.54) is 5.06 Å². The Morgan fingerprint density at radius 2 is 1.82 bits per heavy atom.